The summed E-state index contributed by atoms with van der Waals surface area (Å²) in [5.74, 6) is 0.272. The van der Waals surface area contributed by atoms with Gasteiger partial charge >= 0.3 is 5.97 Å². The van der Waals surface area contributed by atoms with Crippen LogP contribution in [0.25, 0.3) is 0 Å². The Labute approximate surface area is 103 Å². The van der Waals surface area contributed by atoms with Crippen molar-refractivity contribution >= 4 is 5.97 Å². The molecule has 0 saturated heterocycles. The molecule has 18 heavy (non-hydrogen) atoms. The summed E-state index contributed by atoms with van der Waals surface area (Å²) in [5.41, 5.74) is 0.896. The molecule has 1 fully saturated rings. The van der Waals surface area contributed by atoms with Crippen LogP contribution in [0.5, 0.6) is 11.5 Å². The molecule has 0 amide bonds. The minimum absolute atomic E-state index is 0.0541. The summed E-state index contributed by atoms with van der Waals surface area (Å²) in [5, 5.41) is 8.98. The largest absolute Gasteiger partial charge is 0.481 e. The quantitative estimate of drug-likeness (QED) is 0.893. The molecule has 1 saturated carbocycles. The van der Waals surface area contributed by atoms with E-state index in [1.165, 1.54) is 0 Å². The van der Waals surface area contributed by atoms with E-state index in [-0.39, 0.29) is 13.2 Å². The van der Waals surface area contributed by atoms with Crippen molar-refractivity contribution in [1.82, 2.24) is 0 Å². The van der Waals surface area contributed by atoms with Crippen molar-refractivity contribution in [2.75, 3.05) is 6.79 Å². The van der Waals surface area contributed by atoms with Crippen molar-refractivity contribution in [2.24, 2.45) is 0 Å². The maximum absolute atomic E-state index is 12.8. The van der Waals surface area contributed by atoms with Gasteiger partial charge in [0.05, 0.1) is 6.42 Å². The molecule has 1 N–H and O–H groups in total. The van der Waals surface area contributed by atoms with E-state index >= 15 is 0 Å². The first kappa shape index (κ1) is 11.3. The van der Waals surface area contributed by atoms with Gasteiger partial charge in [0.15, 0.2) is 11.5 Å². The highest BCUT2D eigenvalue weighted by Gasteiger charge is 2.49. The Kier molecular flexibility index (Phi) is 2.43. The summed E-state index contributed by atoms with van der Waals surface area (Å²) in [6.45, 7) is -0.478. The van der Waals surface area contributed by atoms with E-state index in [0.717, 1.165) is 18.4 Å². The molecule has 1 heterocycles. The van der Waals surface area contributed by atoms with Crippen LogP contribution in [0, 0.1) is 0 Å². The first-order chi connectivity index (χ1) is 8.64. The predicted octanol–water partition coefficient (Wildman–Crippen LogP) is 2.39. The van der Waals surface area contributed by atoms with Gasteiger partial charge < -0.3 is 14.6 Å². The zero-order chi connectivity index (χ0) is 12.8. The lowest BCUT2D eigenvalue weighted by molar-refractivity contribution is -0.137. The second kappa shape index (κ2) is 3.86. The number of ether oxygens (including phenoxy) is 2. The van der Waals surface area contributed by atoms with E-state index in [1.807, 2.05) is 0 Å². The Morgan fingerprint density at radius 3 is 2.78 bits per heavy atom. The van der Waals surface area contributed by atoms with Crippen LogP contribution >= 0.6 is 0 Å². The average molecular weight is 252 g/mol. The topological polar surface area (TPSA) is 55.8 Å². The first-order valence-corrected chi connectivity index (χ1v) is 5.85. The van der Waals surface area contributed by atoms with Gasteiger partial charge in [0.25, 0.3) is 0 Å². The molecule has 2 aliphatic rings. The van der Waals surface area contributed by atoms with Crippen molar-refractivity contribution < 1.29 is 23.8 Å². The molecule has 4 nitrogen and oxygen atoms in total. The third kappa shape index (κ3) is 1.70. The third-order valence-electron chi connectivity index (χ3n) is 3.60. The Balaban J connectivity index is 2.06. The number of carboxylic acid groups (broad SMARTS) is 1. The van der Waals surface area contributed by atoms with Crippen molar-refractivity contribution in [3.05, 3.63) is 23.3 Å². The lowest BCUT2D eigenvalue weighted by atomic mass is 9.90. The third-order valence-corrected chi connectivity index (χ3v) is 3.60. The molecule has 0 bridgehead atoms. The maximum Gasteiger partial charge on any atom is 0.304 e. The number of fused-ring (bicyclic) bond motifs is 1. The van der Waals surface area contributed by atoms with E-state index in [9.17, 15) is 9.18 Å². The summed E-state index contributed by atoms with van der Waals surface area (Å²) in [4.78, 5) is 10.9. The number of carbonyl (C=O) groups is 1. The highest BCUT2D eigenvalue weighted by Crippen LogP contribution is 2.56. The van der Waals surface area contributed by atoms with E-state index in [1.54, 1.807) is 12.1 Å². The second-order valence-electron chi connectivity index (χ2n) is 4.86. The van der Waals surface area contributed by atoms with Gasteiger partial charge in [-0.25, -0.2) is 4.39 Å². The second-order valence-corrected chi connectivity index (χ2v) is 4.86. The smallest absolute Gasteiger partial charge is 0.304 e. The molecule has 0 atom stereocenters. The van der Waals surface area contributed by atoms with Crippen molar-refractivity contribution in [3.63, 3.8) is 0 Å². The zero-order valence-corrected chi connectivity index (χ0v) is 9.74. The van der Waals surface area contributed by atoms with Crippen molar-refractivity contribution in [2.45, 2.75) is 31.4 Å². The fourth-order valence-electron chi connectivity index (χ4n) is 2.52. The average Bonchev–Trinajstić information content (AvgIpc) is 2.95. The Morgan fingerprint density at radius 1 is 1.39 bits per heavy atom. The van der Waals surface area contributed by atoms with Crippen LogP contribution in [0.1, 0.15) is 30.4 Å². The molecule has 0 unspecified atom stereocenters. The molecular formula is C13H13FO4. The standard InChI is InChI=1S/C13H13FO4/c14-6-8-3-9(12-10(4-8)17-7-18-12)13(1-2-13)5-11(15)16/h3-4H,1-2,5-7H2,(H,15,16). The maximum atomic E-state index is 12.8. The van der Waals surface area contributed by atoms with Gasteiger partial charge in [-0.1, -0.05) is 0 Å². The molecule has 1 aromatic carbocycles. The van der Waals surface area contributed by atoms with Crippen LogP contribution in [0.2, 0.25) is 0 Å². The number of aliphatic carboxylic acids is 1. The van der Waals surface area contributed by atoms with Crippen molar-refractivity contribution in [3.8, 4) is 11.5 Å². The van der Waals surface area contributed by atoms with E-state index < -0.39 is 18.1 Å². The highest BCUT2D eigenvalue weighted by molar-refractivity contribution is 5.71. The molecule has 1 aromatic rings. The first-order valence-electron chi connectivity index (χ1n) is 5.85. The molecule has 0 radical (unpaired) electrons. The number of benzene rings is 1. The van der Waals surface area contributed by atoms with Gasteiger partial charge in [-0.15, -0.1) is 0 Å². The van der Waals surface area contributed by atoms with Gasteiger partial charge in [-0.2, -0.15) is 0 Å². The summed E-state index contributed by atoms with van der Waals surface area (Å²) in [6.07, 6.45) is 1.65. The normalized spacial score (nSPS) is 18.7. The van der Waals surface area contributed by atoms with Gasteiger partial charge in [0.1, 0.15) is 6.67 Å². The summed E-state index contributed by atoms with van der Waals surface area (Å²) < 4.78 is 23.5. The SMILES string of the molecule is O=C(O)CC1(c2cc(CF)cc3c2OCO3)CC1. The van der Waals surface area contributed by atoms with Crippen LogP contribution in [0.15, 0.2) is 12.1 Å². The molecule has 0 spiro atoms. The molecule has 3 rings (SSSR count). The minimum atomic E-state index is -0.842. The van der Waals surface area contributed by atoms with Gasteiger partial charge in [-0.3, -0.25) is 4.79 Å². The number of hydrogen-bond acceptors (Lipinski definition) is 3. The number of rotatable bonds is 4. The highest BCUT2D eigenvalue weighted by atomic mass is 19.1. The Hall–Kier alpha value is -1.78. The molecule has 1 aliphatic carbocycles. The monoisotopic (exact) mass is 252 g/mol. The van der Waals surface area contributed by atoms with Crippen LogP contribution in [0.4, 0.5) is 4.39 Å². The lowest BCUT2D eigenvalue weighted by Gasteiger charge is -2.16. The molecule has 5 heteroatoms. The summed E-state index contributed by atoms with van der Waals surface area (Å²) in [7, 11) is 0. The zero-order valence-electron chi connectivity index (χ0n) is 9.74. The van der Waals surface area contributed by atoms with Crippen LogP contribution in [-0.4, -0.2) is 17.9 Å². The number of carboxylic acids is 1. The molecule has 96 valence electrons. The fourth-order valence-corrected chi connectivity index (χ4v) is 2.52. The molecule has 0 aromatic heterocycles. The van der Waals surface area contributed by atoms with Crippen LogP contribution in [-0.2, 0) is 16.9 Å². The van der Waals surface area contributed by atoms with E-state index in [4.69, 9.17) is 14.6 Å². The van der Waals surface area contributed by atoms with Crippen molar-refractivity contribution in [1.29, 1.82) is 0 Å². The van der Waals surface area contributed by atoms with Crippen LogP contribution in [0.3, 0.4) is 0 Å². The lowest BCUT2D eigenvalue weighted by Crippen LogP contribution is -2.14. The molecule has 1 aliphatic heterocycles. The predicted molar refractivity (Wildman–Crippen MR) is 60.5 cm³/mol. The number of alkyl halides is 1. The van der Waals surface area contributed by atoms with E-state index in [0.29, 0.717) is 17.1 Å². The van der Waals surface area contributed by atoms with Gasteiger partial charge in [-0.05, 0) is 30.5 Å². The summed E-state index contributed by atoms with van der Waals surface area (Å²) >= 11 is 0. The Morgan fingerprint density at radius 2 is 2.17 bits per heavy atom. The van der Waals surface area contributed by atoms with Gasteiger partial charge in [0.2, 0.25) is 6.79 Å². The van der Waals surface area contributed by atoms with E-state index in [2.05, 4.69) is 0 Å². The minimum Gasteiger partial charge on any atom is -0.481 e. The molecular weight excluding hydrogens is 239 g/mol. The van der Waals surface area contributed by atoms with Crippen LogP contribution < -0.4 is 9.47 Å². The Bertz CT molecular complexity index is 508. The fraction of sp³-hybridized carbons (Fsp3) is 0.462. The number of halogens is 1. The summed E-state index contributed by atoms with van der Waals surface area (Å²) in [6, 6.07) is 3.33. The van der Waals surface area contributed by atoms with Gasteiger partial charge in [0, 0.05) is 11.0 Å². The number of hydrogen-bond donors (Lipinski definition) is 1.